The van der Waals surface area contributed by atoms with Crippen LogP contribution in [0.1, 0.15) is 18.9 Å². The average Bonchev–Trinajstić information content (AvgIpc) is 2.77. The number of nitrogens with zero attached hydrogens (tertiary/aromatic N) is 3. The molecule has 0 saturated heterocycles. The van der Waals surface area contributed by atoms with Crippen LogP contribution in [0.4, 0.5) is 0 Å². The van der Waals surface area contributed by atoms with Crippen molar-refractivity contribution in [1.82, 2.24) is 14.7 Å². The van der Waals surface area contributed by atoms with Crippen LogP contribution < -0.4 is 0 Å². The Morgan fingerprint density at radius 1 is 1.61 bits per heavy atom. The highest BCUT2D eigenvalue weighted by atomic mass is 16.5. The largest absolute Gasteiger partial charge is 0.383 e. The zero-order valence-corrected chi connectivity index (χ0v) is 11.3. The summed E-state index contributed by atoms with van der Waals surface area (Å²) in [5.41, 5.74) is 1.03. The molecule has 0 saturated carbocycles. The number of hydrogen-bond acceptors (Lipinski definition) is 3. The van der Waals surface area contributed by atoms with Crippen LogP contribution in [0, 0.1) is 0 Å². The summed E-state index contributed by atoms with van der Waals surface area (Å²) in [5, 5.41) is 4.10. The summed E-state index contributed by atoms with van der Waals surface area (Å²) in [4.78, 5) is 13.8. The molecule has 0 fully saturated rings. The molecule has 0 bridgehead atoms. The van der Waals surface area contributed by atoms with E-state index in [2.05, 4.69) is 5.10 Å². The lowest BCUT2D eigenvalue weighted by atomic mass is 10.2. The first-order valence-corrected chi connectivity index (χ1v) is 6.02. The molecule has 1 aromatic rings. The first-order chi connectivity index (χ1) is 8.67. The minimum atomic E-state index is 0.106. The third kappa shape index (κ3) is 4.71. The number of hydrogen-bond donors (Lipinski definition) is 0. The van der Waals surface area contributed by atoms with Crippen molar-refractivity contribution in [3.63, 3.8) is 0 Å². The van der Waals surface area contributed by atoms with E-state index < -0.39 is 0 Å². The minimum Gasteiger partial charge on any atom is -0.383 e. The molecule has 0 N–H and O–H groups in total. The van der Waals surface area contributed by atoms with E-state index in [4.69, 9.17) is 4.74 Å². The average molecular weight is 251 g/mol. The summed E-state index contributed by atoms with van der Waals surface area (Å²) in [6, 6.07) is 0. The monoisotopic (exact) mass is 251 g/mol. The minimum absolute atomic E-state index is 0.106. The summed E-state index contributed by atoms with van der Waals surface area (Å²) >= 11 is 0. The van der Waals surface area contributed by atoms with E-state index in [0.717, 1.165) is 5.56 Å². The van der Waals surface area contributed by atoms with E-state index in [1.54, 1.807) is 22.9 Å². The van der Waals surface area contributed by atoms with Gasteiger partial charge in [0.25, 0.3) is 0 Å². The number of methoxy groups -OCH3 is 1. The van der Waals surface area contributed by atoms with Crippen molar-refractivity contribution in [3.05, 3.63) is 30.1 Å². The Bertz CT molecular complexity index is 399. The van der Waals surface area contributed by atoms with Gasteiger partial charge in [0.15, 0.2) is 0 Å². The quantitative estimate of drug-likeness (QED) is 0.687. The van der Waals surface area contributed by atoms with E-state index in [9.17, 15) is 4.79 Å². The predicted molar refractivity (Wildman–Crippen MR) is 69.9 cm³/mol. The first kappa shape index (κ1) is 14.4. The molecule has 1 amide bonds. The number of carbonyl (C=O) groups is 1. The molecule has 0 aromatic carbocycles. The summed E-state index contributed by atoms with van der Waals surface area (Å²) in [6.07, 6.45) is 7.88. The number of aromatic nitrogens is 2. The van der Waals surface area contributed by atoms with Crippen molar-refractivity contribution in [2.75, 3.05) is 20.3 Å². The van der Waals surface area contributed by atoms with Crippen LogP contribution in [0.5, 0.6) is 0 Å². The van der Waals surface area contributed by atoms with E-state index >= 15 is 0 Å². The van der Waals surface area contributed by atoms with E-state index in [1.165, 1.54) is 0 Å². The lowest BCUT2D eigenvalue weighted by molar-refractivity contribution is -0.131. The predicted octanol–water partition coefficient (Wildman–Crippen LogP) is 1.36. The third-order valence-electron chi connectivity index (χ3n) is 2.58. The SMILES string of the molecule is CC=CCC(=O)N(CCOC)Cc1cnn(C)c1. The third-order valence-corrected chi connectivity index (χ3v) is 2.58. The molecule has 0 aliphatic rings. The maximum atomic E-state index is 12.0. The molecule has 1 rings (SSSR count). The maximum Gasteiger partial charge on any atom is 0.226 e. The van der Waals surface area contributed by atoms with Gasteiger partial charge in [-0.3, -0.25) is 9.48 Å². The Labute approximate surface area is 108 Å². The molecule has 0 atom stereocenters. The van der Waals surface area contributed by atoms with E-state index in [0.29, 0.717) is 26.1 Å². The number of rotatable bonds is 7. The topological polar surface area (TPSA) is 47.4 Å². The van der Waals surface area contributed by atoms with Gasteiger partial charge in [-0.15, -0.1) is 0 Å². The van der Waals surface area contributed by atoms with Gasteiger partial charge >= 0.3 is 0 Å². The molecule has 1 aromatic heterocycles. The summed E-state index contributed by atoms with van der Waals surface area (Å²) in [5.74, 6) is 0.106. The summed E-state index contributed by atoms with van der Waals surface area (Å²) in [7, 11) is 3.50. The molecule has 100 valence electrons. The number of ether oxygens (including phenoxy) is 1. The van der Waals surface area contributed by atoms with Crippen molar-refractivity contribution in [2.24, 2.45) is 7.05 Å². The van der Waals surface area contributed by atoms with Gasteiger partial charge in [0.1, 0.15) is 0 Å². The van der Waals surface area contributed by atoms with Crippen LogP contribution in [-0.2, 0) is 23.1 Å². The lowest BCUT2D eigenvalue weighted by Crippen LogP contribution is -2.32. The van der Waals surface area contributed by atoms with Gasteiger partial charge in [-0.05, 0) is 6.92 Å². The molecule has 0 radical (unpaired) electrons. The van der Waals surface area contributed by atoms with E-state index in [-0.39, 0.29) is 5.91 Å². The van der Waals surface area contributed by atoms with Crippen LogP contribution >= 0.6 is 0 Å². The highest BCUT2D eigenvalue weighted by Gasteiger charge is 2.13. The van der Waals surface area contributed by atoms with Crippen LogP contribution in [0.25, 0.3) is 0 Å². The molecule has 0 aliphatic heterocycles. The maximum absolute atomic E-state index is 12.0. The molecular formula is C13H21N3O2. The highest BCUT2D eigenvalue weighted by Crippen LogP contribution is 2.05. The standard InChI is InChI=1S/C13H21N3O2/c1-4-5-6-13(17)16(7-8-18-3)11-12-9-14-15(2)10-12/h4-5,9-10H,6-8,11H2,1-3H3. The Morgan fingerprint density at radius 3 is 2.94 bits per heavy atom. The molecule has 0 unspecified atom stereocenters. The fourth-order valence-electron chi connectivity index (χ4n) is 1.62. The normalized spacial score (nSPS) is 11.1. The van der Waals surface area contributed by atoms with Gasteiger partial charge in [0.2, 0.25) is 5.91 Å². The Kier molecular flexibility index (Phi) is 6.14. The van der Waals surface area contributed by atoms with Gasteiger partial charge in [0.05, 0.1) is 12.8 Å². The Morgan fingerprint density at radius 2 is 2.39 bits per heavy atom. The van der Waals surface area contributed by atoms with Crippen LogP contribution in [0.15, 0.2) is 24.5 Å². The zero-order chi connectivity index (χ0) is 13.4. The number of carbonyl (C=O) groups excluding carboxylic acids is 1. The Balaban J connectivity index is 2.62. The van der Waals surface area contributed by atoms with Crippen LogP contribution in [0.3, 0.4) is 0 Å². The first-order valence-electron chi connectivity index (χ1n) is 6.02. The second-order valence-electron chi connectivity index (χ2n) is 4.10. The van der Waals surface area contributed by atoms with Crippen molar-refractivity contribution in [1.29, 1.82) is 0 Å². The van der Waals surface area contributed by atoms with Gasteiger partial charge in [-0.1, -0.05) is 12.2 Å². The van der Waals surface area contributed by atoms with Crippen LogP contribution in [0.2, 0.25) is 0 Å². The molecule has 1 heterocycles. The fraction of sp³-hybridized carbons (Fsp3) is 0.538. The fourth-order valence-corrected chi connectivity index (χ4v) is 1.62. The smallest absolute Gasteiger partial charge is 0.226 e. The lowest BCUT2D eigenvalue weighted by Gasteiger charge is -2.21. The second-order valence-corrected chi connectivity index (χ2v) is 4.10. The summed E-state index contributed by atoms with van der Waals surface area (Å²) < 4.78 is 6.77. The van der Waals surface area contributed by atoms with Crippen molar-refractivity contribution in [3.8, 4) is 0 Å². The molecule has 0 spiro atoms. The van der Waals surface area contributed by atoms with Crippen molar-refractivity contribution in [2.45, 2.75) is 19.9 Å². The Hall–Kier alpha value is -1.62. The van der Waals surface area contributed by atoms with E-state index in [1.807, 2.05) is 32.3 Å². The van der Waals surface area contributed by atoms with Gasteiger partial charge in [-0.25, -0.2) is 0 Å². The molecule has 5 heteroatoms. The van der Waals surface area contributed by atoms with Crippen LogP contribution in [-0.4, -0.2) is 40.8 Å². The molecule has 5 nitrogen and oxygen atoms in total. The second kappa shape index (κ2) is 7.66. The molecule has 18 heavy (non-hydrogen) atoms. The number of aryl methyl sites for hydroxylation is 1. The van der Waals surface area contributed by atoms with Crippen molar-refractivity contribution < 1.29 is 9.53 Å². The highest BCUT2D eigenvalue weighted by molar-refractivity contribution is 5.77. The number of amides is 1. The van der Waals surface area contributed by atoms with Gasteiger partial charge in [0, 0.05) is 45.4 Å². The van der Waals surface area contributed by atoms with Crippen molar-refractivity contribution >= 4 is 5.91 Å². The molecule has 0 aliphatic carbocycles. The zero-order valence-electron chi connectivity index (χ0n) is 11.3. The summed E-state index contributed by atoms with van der Waals surface area (Å²) in [6.45, 7) is 3.63. The van der Waals surface area contributed by atoms with Gasteiger partial charge in [-0.2, -0.15) is 5.10 Å². The molecular weight excluding hydrogens is 230 g/mol. The number of allylic oxidation sites excluding steroid dienone is 1. The van der Waals surface area contributed by atoms with Gasteiger partial charge < -0.3 is 9.64 Å².